The molecule has 2 rings (SSSR count). The van der Waals surface area contributed by atoms with Crippen molar-refractivity contribution in [2.45, 2.75) is 4.90 Å². The Bertz CT molecular complexity index is 438. The van der Waals surface area contributed by atoms with E-state index >= 15 is 0 Å². The number of hydrogen-bond donors (Lipinski definition) is 1. The third kappa shape index (κ3) is 1.59. The number of carbonyl (C=O) groups excluding carboxylic acids is 1. The van der Waals surface area contributed by atoms with Crippen LogP contribution in [0.3, 0.4) is 0 Å². The van der Waals surface area contributed by atoms with Crippen molar-refractivity contribution >= 4 is 35.0 Å². The van der Waals surface area contributed by atoms with Crippen LogP contribution in [-0.4, -0.2) is 29.5 Å². The summed E-state index contributed by atoms with van der Waals surface area (Å²) in [6, 6.07) is 1.91. The van der Waals surface area contributed by atoms with Gasteiger partial charge in [0.25, 0.3) is 0 Å². The molecule has 0 aromatic carbocycles. The number of thiophene rings is 1. The Hall–Kier alpha value is -1.14. The maximum Gasteiger partial charge on any atom is 0.359 e. The zero-order chi connectivity index (χ0) is 11.0. The molecule has 1 aliphatic heterocycles. The second kappa shape index (κ2) is 3.79. The Kier molecular flexibility index (Phi) is 2.62. The minimum atomic E-state index is -0.526. The highest BCUT2D eigenvalue weighted by atomic mass is 32.2. The van der Waals surface area contributed by atoms with Crippen molar-refractivity contribution in [1.82, 2.24) is 4.31 Å². The fraction of sp³-hybridized carbons (Fsp3) is 0.222. The first-order chi connectivity index (χ1) is 7.15. The molecular weight excluding hydrogens is 234 g/mol. The summed E-state index contributed by atoms with van der Waals surface area (Å²) in [6.07, 6.45) is 0. The number of nitrogens with zero attached hydrogens (tertiary/aromatic N) is 1. The van der Waals surface area contributed by atoms with Crippen molar-refractivity contribution in [3.05, 3.63) is 22.0 Å². The number of aliphatic hydroxyl groups is 1. The number of esters is 1. The maximum atomic E-state index is 11.4. The molecule has 0 atom stereocenters. The van der Waals surface area contributed by atoms with Crippen molar-refractivity contribution in [2.75, 3.05) is 14.2 Å². The molecule has 80 valence electrons. The van der Waals surface area contributed by atoms with E-state index in [0.717, 1.165) is 9.77 Å². The Morgan fingerprint density at radius 2 is 2.33 bits per heavy atom. The average molecular weight is 243 g/mol. The highest BCUT2D eigenvalue weighted by molar-refractivity contribution is 7.97. The number of methoxy groups -OCH3 is 1. The SMILES string of the molecule is COC(=O)C1=C(O)c2sccc2SN1C. The molecule has 6 heteroatoms. The molecule has 1 aromatic rings. The predicted octanol–water partition coefficient (Wildman–Crippen LogP) is 2.10. The van der Waals surface area contributed by atoms with Crippen LogP contribution in [0.1, 0.15) is 4.88 Å². The van der Waals surface area contributed by atoms with E-state index in [0.29, 0.717) is 0 Å². The van der Waals surface area contributed by atoms with Gasteiger partial charge in [0.1, 0.15) is 0 Å². The minimum absolute atomic E-state index is 0.00639. The summed E-state index contributed by atoms with van der Waals surface area (Å²) in [5.74, 6) is -0.533. The molecule has 15 heavy (non-hydrogen) atoms. The molecule has 4 nitrogen and oxygen atoms in total. The van der Waals surface area contributed by atoms with Gasteiger partial charge in [0.2, 0.25) is 0 Å². The van der Waals surface area contributed by atoms with Gasteiger partial charge in [0, 0.05) is 7.05 Å². The summed E-state index contributed by atoms with van der Waals surface area (Å²) in [7, 11) is 3.01. The molecule has 0 bridgehead atoms. The Balaban J connectivity index is 2.53. The first-order valence-electron chi connectivity index (χ1n) is 4.16. The molecule has 0 aliphatic carbocycles. The monoisotopic (exact) mass is 243 g/mol. The largest absolute Gasteiger partial charge is 0.504 e. The zero-order valence-electron chi connectivity index (χ0n) is 8.18. The van der Waals surface area contributed by atoms with Crippen LogP contribution in [0.5, 0.6) is 0 Å². The van der Waals surface area contributed by atoms with Gasteiger partial charge in [-0.2, -0.15) is 0 Å². The van der Waals surface area contributed by atoms with Gasteiger partial charge >= 0.3 is 5.97 Å². The Morgan fingerprint density at radius 3 is 3.00 bits per heavy atom. The molecule has 0 radical (unpaired) electrons. The molecule has 1 aliphatic rings. The lowest BCUT2D eigenvalue weighted by Crippen LogP contribution is -2.22. The van der Waals surface area contributed by atoms with Gasteiger partial charge in [0.05, 0.1) is 16.9 Å². The van der Waals surface area contributed by atoms with Crippen molar-refractivity contribution in [1.29, 1.82) is 0 Å². The lowest BCUT2D eigenvalue weighted by atomic mass is 10.3. The van der Waals surface area contributed by atoms with Crippen molar-refractivity contribution in [2.24, 2.45) is 0 Å². The molecular formula is C9H9NO3S2. The van der Waals surface area contributed by atoms with E-state index in [-0.39, 0.29) is 11.5 Å². The first kappa shape index (κ1) is 10.4. The number of aliphatic hydroxyl groups excluding tert-OH is 1. The summed E-state index contributed by atoms with van der Waals surface area (Å²) < 4.78 is 6.22. The highest BCUT2D eigenvalue weighted by Gasteiger charge is 2.29. The molecule has 0 fully saturated rings. The Labute approximate surface area is 95.3 Å². The lowest BCUT2D eigenvalue weighted by Gasteiger charge is -2.24. The molecule has 2 heterocycles. The van der Waals surface area contributed by atoms with E-state index in [4.69, 9.17) is 0 Å². The standard InChI is InChI=1S/C9H9NO3S2/c1-10-6(9(12)13-2)7(11)8-5(15-10)3-4-14-8/h3-4,11H,1-2H3. The Morgan fingerprint density at radius 1 is 1.60 bits per heavy atom. The molecule has 0 saturated carbocycles. The van der Waals surface area contributed by atoms with Gasteiger partial charge in [-0.15, -0.1) is 11.3 Å². The number of rotatable bonds is 1. The van der Waals surface area contributed by atoms with Crippen LogP contribution in [0.4, 0.5) is 0 Å². The fourth-order valence-corrected chi connectivity index (χ4v) is 3.24. The number of hydrogen-bond acceptors (Lipinski definition) is 6. The van der Waals surface area contributed by atoms with Gasteiger partial charge in [-0.3, -0.25) is 0 Å². The topological polar surface area (TPSA) is 49.8 Å². The second-order valence-electron chi connectivity index (χ2n) is 2.89. The lowest BCUT2D eigenvalue weighted by molar-refractivity contribution is -0.137. The minimum Gasteiger partial charge on any atom is -0.504 e. The molecule has 0 amide bonds. The normalized spacial score (nSPS) is 15.2. The molecule has 1 aromatic heterocycles. The van der Waals surface area contributed by atoms with Crippen LogP contribution in [0.15, 0.2) is 22.0 Å². The van der Waals surface area contributed by atoms with Gasteiger partial charge < -0.3 is 14.1 Å². The summed E-state index contributed by atoms with van der Waals surface area (Å²) in [6.45, 7) is 0. The summed E-state index contributed by atoms with van der Waals surface area (Å²) in [5, 5.41) is 11.8. The van der Waals surface area contributed by atoms with Crippen LogP contribution in [0.25, 0.3) is 5.76 Å². The number of ether oxygens (including phenoxy) is 1. The van der Waals surface area contributed by atoms with E-state index in [9.17, 15) is 9.90 Å². The zero-order valence-corrected chi connectivity index (χ0v) is 9.82. The van der Waals surface area contributed by atoms with E-state index in [2.05, 4.69) is 4.74 Å². The van der Waals surface area contributed by atoms with E-state index < -0.39 is 5.97 Å². The first-order valence-corrected chi connectivity index (χ1v) is 5.81. The molecule has 1 N–H and O–H groups in total. The number of fused-ring (bicyclic) bond motifs is 1. The summed E-state index contributed by atoms with van der Waals surface area (Å²) in [4.78, 5) is 13.1. The van der Waals surface area contributed by atoms with Gasteiger partial charge in [0.15, 0.2) is 11.5 Å². The molecule has 0 unspecified atom stereocenters. The number of carbonyl (C=O) groups is 1. The van der Waals surface area contributed by atoms with Crippen LogP contribution < -0.4 is 0 Å². The second-order valence-corrected chi connectivity index (χ2v) is 4.98. The third-order valence-corrected chi connectivity index (χ3v) is 4.04. The predicted molar refractivity (Wildman–Crippen MR) is 59.5 cm³/mol. The van der Waals surface area contributed by atoms with E-state index in [1.54, 1.807) is 11.4 Å². The average Bonchev–Trinajstić information content (AvgIpc) is 2.65. The van der Waals surface area contributed by atoms with Crippen molar-refractivity contribution < 1.29 is 14.6 Å². The molecule has 0 saturated heterocycles. The van der Waals surface area contributed by atoms with Gasteiger partial charge in [-0.1, -0.05) is 0 Å². The summed E-state index contributed by atoms with van der Waals surface area (Å²) >= 11 is 2.80. The van der Waals surface area contributed by atoms with Crippen LogP contribution in [0, 0.1) is 0 Å². The third-order valence-electron chi connectivity index (χ3n) is 2.00. The van der Waals surface area contributed by atoms with E-state index in [1.807, 2.05) is 11.4 Å². The van der Waals surface area contributed by atoms with E-state index in [1.165, 1.54) is 30.4 Å². The van der Waals surface area contributed by atoms with Crippen molar-refractivity contribution in [3.8, 4) is 0 Å². The van der Waals surface area contributed by atoms with Crippen LogP contribution >= 0.6 is 23.3 Å². The quantitative estimate of drug-likeness (QED) is 0.604. The smallest absolute Gasteiger partial charge is 0.359 e. The van der Waals surface area contributed by atoms with Crippen LogP contribution in [-0.2, 0) is 9.53 Å². The maximum absolute atomic E-state index is 11.4. The molecule has 0 spiro atoms. The van der Waals surface area contributed by atoms with Crippen molar-refractivity contribution in [3.63, 3.8) is 0 Å². The summed E-state index contributed by atoms with van der Waals surface area (Å²) in [5.41, 5.74) is 0.192. The fourth-order valence-electron chi connectivity index (χ4n) is 1.31. The van der Waals surface area contributed by atoms with Gasteiger partial charge in [-0.25, -0.2) is 4.79 Å². The highest BCUT2D eigenvalue weighted by Crippen LogP contribution is 2.41. The van der Waals surface area contributed by atoms with Crippen LogP contribution in [0.2, 0.25) is 0 Å². The van der Waals surface area contributed by atoms with Gasteiger partial charge in [-0.05, 0) is 23.4 Å². The number of likely N-dealkylation sites (N-methyl/N-ethyl adjacent to an activating group) is 1.